The SMILES string of the molecule is COC(=O)[C@H](CCC(C)C)NC(=O)OCc1ccccc1. The molecule has 0 saturated carbocycles. The Labute approximate surface area is 125 Å². The Balaban J connectivity index is 2.45. The minimum atomic E-state index is -0.666. The molecule has 0 heterocycles. The Hall–Kier alpha value is -2.04. The molecule has 5 nitrogen and oxygen atoms in total. The van der Waals surface area contributed by atoms with Crippen molar-refractivity contribution < 1.29 is 19.1 Å². The van der Waals surface area contributed by atoms with Crippen LogP contribution < -0.4 is 5.32 Å². The first-order valence-electron chi connectivity index (χ1n) is 7.08. The molecule has 0 unspecified atom stereocenters. The van der Waals surface area contributed by atoms with Crippen LogP contribution in [0.15, 0.2) is 30.3 Å². The van der Waals surface area contributed by atoms with Crippen molar-refractivity contribution in [3.63, 3.8) is 0 Å². The minimum Gasteiger partial charge on any atom is -0.467 e. The molecule has 0 aliphatic heterocycles. The Morgan fingerprint density at radius 2 is 1.81 bits per heavy atom. The van der Waals surface area contributed by atoms with E-state index >= 15 is 0 Å². The number of alkyl carbamates (subject to hydrolysis) is 1. The predicted octanol–water partition coefficient (Wildman–Crippen LogP) is 2.89. The van der Waals surface area contributed by atoms with Gasteiger partial charge in [-0.25, -0.2) is 9.59 Å². The fourth-order valence-corrected chi connectivity index (χ4v) is 1.80. The molecule has 1 amide bonds. The maximum Gasteiger partial charge on any atom is 0.408 e. The lowest BCUT2D eigenvalue weighted by atomic mass is 10.0. The summed E-state index contributed by atoms with van der Waals surface area (Å²) in [4.78, 5) is 23.4. The summed E-state index contributed by atoms with van der Waals surface area (Å²) in [5.41, 5.74) is 0.893. The van der Waals surface area contributed by atoms with Crippen LogP contribution in [0.4, 0.5) is 4.79 Å². The molecule has 0 aromatic heterocycles. The van der Waals surface area contributed by atoms with Crippen molar-refractivity contribution in [2.45, 2.75) is 39.3 Å². The van der Waals surface area contributed by atoms with Gasteiger partial charge in [-0.2, -0.15) is 0 Å². The number of carbonyl (C=O) groups excluding carboxylic acids is 2. The standard InChI is InChI=1S/C16H23NO4/c1-12(2)9-10-14(15(18)20-3)17-16(19)21-11-13-7-5-4-6-8-13/h4-8,12,14H,9-11H2,1-3H3,(H,17,19)/t14-/m0/s1. The van der Waals surface area contributed by atoms with E-state index in [4.69, 9.17) is 9.47 Å². The van der Waals surface area contributed by atoms with Crippen LogP contribution in [0.3, 0.4) is 0 Å². The first-order valence-corrected chi connectivity index (χ1v) is 7.08. The van der Waals surface area contributed by atoms with Gasteiger partial charge in [-0.05, 0) is 24.3 Å². The third-order valence-corrected chi connectivity index (χ3v) is 3.02. The van der Waals surface area contributed by atoms with Gasteiger partial charge in [-0.3, -0.25) is 0 Å². The molecule has 0 aliphatic carbocycles. The van der Waals surface area contributed by atoms with Gasteiger partial charge >= 0.3 is 12.1 Å². The molecule has 1 aromatic rings. The van der Waals surface area contributed by atoms with Crippen molar-refractivity contribution in [2.75, 3.05) is 7.11 Å². The molecule has 0 bridgehead atoms. The molecule has 0 radical (unpaired) electrons. The zero-order valence-corrected chi connectivity index (χ0v) is 12.8. The number of ether oxygens (including phenoxy) is 2. The molecular formula is C16H23NO4. The van der Waals surface area contributed by atoms with Crippen molar-refractivity contribution in [3.05, 3.63) is 35.9 Å². The second-order valence-corrected chi connectivity index (χ2v) is 5.25. The zero-order chi connectivity index (χ0) is 15.7. The van der Waals surface area contributed by atoms with E-state index in [-0.39, 0.29) is 6.61 Å². The number of carbonyl (C=O) groups is 2. The van der Waals surface area contributed by atoms with Gasteiger partial charge < -0.3 is 14.8 Å². The van der Waals surface area contributed by atoms with E-state index in [1.54, 1.807) is 0 Å². The van der Waals surface area contributed by atoms with E-state index < -0.39 is 18.1 Å². The van der Waals surface area contributed by atoms with Crippen molar-refractivity contribution in [1.82, 2.24) is 5.32 Å². The van der Waals surface area contributed by atoms with E-state index in [9.17, 15) is 9.59 Å². The van der Waals surface area contributed by atoms with Gasteiger partial charge in [-0.1, -0.05) is 44.2 Å². The normalized spacial score (nSPS) is 11.8. The molecule has 0 fully saturated rings. The third-order valence-electron chi connectivity index (χ3n) is 3.02. The molecule has 5 heteroatoms. The lowest BCUT2D eigenvalue weighted by molar-refractivity contribution is -0.143. The second kappa shape index (κ2) is 9.00. The lowest BCUT2D eigenvalue weighted by Crippen LogP contribution is -2.41. The molecule has 1 rings (SSSR count). The van der Waals surface area contributed by atoms with E-state index in [1.807, 2.05) is 30.3 Å². The topological polar surface area (TPSA) is 64.6 Å². The van der Waals surface area contributed by atoms with Crippen molar-refractivity contribution in [3.8, 4) is 0 Å². The second-order valence-electron chi connectivity index (χ2n) is 5.25. The Morgan fingerprint density at radius 3 is 2.38 bits per heavy atom. The fraction of sp³-hybridized carbons (Fsp3) is 0.500. The zero-order valence-electron chi connectivity index (χ0n) is 12.8. The van der Waals surface area contributed by atoms with Gasteiger partial charge in [-0.15, -0.1) is 0 Å². The first kappa shape index (κ1) is 17.0. The molecular weight excluding hydrogens is 270 g/mol. The van der Waals surface area contributed by atoms with Crippen LogP contribution in [0.5, 0.6) is 0 Å². The highest BCUT2D eigenvalue weighted by Gasteiger charge is 2.22. The molecule has 0 saturated heterocycles. The largest absolute Gasteiger partial charge is 0.467 e. The quantitative estimate of drug-likeness (QED) is 0.785. The number of methoxy groups -OCH3 is 1. The summed E-state index contributed by atoms with van der Waals surface area (Å²) in [6.45, 7) is 4.29. The highest BCUT2D eigenvalue weighted by Crippen LogP contribution is 2.08. The van der Waals surface area contributed by atoms with Gasteiger partial charge in [0.05, 0.1) is 7.11 Å². The minimum absolute atomic E-state index is 0.171. The summed E-state index contributed by atoms with van der Waals surface area (Å²) in [7, 11) is 1.31. The van der Waals surface area contributed by atoms with Gasteiger partial charge in [0.1, 0.15) is 12.6 Å². The van der Waals surface area contributed by atoms with Crippen LogP contribution in [0, 0.1) is 5.92 Å². The number of hydrogen-bond acceptors (Lipinski definition) is 4. The van der Waals surface area contributed by atoms with Gasteiger partial charge in [0.15, 0.2) is 0 Å². The summed E-state index contributed by atoms with van der Waals surface area (Å²) in [5.74, 6) is -0.00777. The average Bonchev–Trinajstić information content (AvgIpc) is 2.49. The molecule has 0 aliphatic rings. The molecule has 116 valence electrons. The number of nitrogens with one attached hydrogen (secondary N) is 1. The van der Waals surface area contributed by atoms with E-state index in [1.165, 1.54) is 7.11 Å². The number of benzene rings is 1. The molecule has 1 atom stereocenters. The summed E-state index contributed by atoms with van der Waals surface area (Å²) in [5, 5.41) is 2.56. The number of hydrogen-bond donors (Lipinski definition) is 1. The first-order chi connectivity index (χ1) is 10.0. The van der Waals surface area contributed by atoms with Crippen LogP contribution in [0.1, 0.15) is 32.3 Å². The highest BCUT2D eigenvalue weighted by atomic mass is 16.6. The van der Waals surface area contributed by atoms with Crippen LogP contribution in [-0.4, -0.2) is 25.2 Å². The maximum atomic E-state index is 11.8. The predicted molar refractivity (Wildman–Crippen MR) is 79.6 cm³/mol. The summed E-state index contributed by atoms with van der Waals surface area (Å²) < 4.78 is 9.80. The fourth-order valence-electron chi connectivity index (χ4n) is 1.80. The lowest BCUT2D eigenvalue weighted by Gasteiger charge is -2.17. The average molecular weight is 293 g/mol. The maximum absolute atomic E-state index is 11.8. The van der Waals surface area contributed by atoms with Gasteiger partial charge in [0.25, 0.3) is 0 Å². The van der Waals surface area contributed by atoms with Crippen molar-refractivity contribution in [1.29, 1.82) is 0 Å². The van der Waals surface area contributed by atoms with Crippen LogP contribution in [0.25, 0.3) is 0 Å². The number of rotatable bonds is 7. The van der Waals surface area contributed by atoms with Crippen LogP contribution >= 0.6 is 0 Å². The van der Waals surface area contributed by atoms with Crippen LogP contribution in [-0.2, 0) is 20.9 Å². The van der Waals surface area contributed by atoms with Gasteiger partial charge in [0.2, 0.25) is 0 Å². The van der Waals surface area contributed by atoms with Gasteiger partial charge in [0, 0.05) is 0 Å². The smallest absolute Gasteiger partial charge is 0.408 e. The molecule has 21 heavy (non-hydrogen) atoms. The Kier molecular flexibility index (Phi) is 7.29. The number of esters is 1. The summed E-state index contributed by atoms with van der Waals surface area (Å²) in [6.07, 6.45) is 0.738. The number of amides is 1. The van der Waals surface area contributed by atoms with E-state index in [2.05, 4.69) is 19.2 Å². The van der Waals surface area contributed by atoms with Crippen molar-refractivity contribution in [2.24, 2.45) is 5.92 Å². The van der Waals surface area contributed by atoms with E-state index in [0.29, 0.717) is 12.3 Å². The summed E-state index contributed by atoms with van der Waals surface area (Å²) in [6, 6.07) is 8.70. The monoisotopic (exact) mass is 293 g/mol. The van der Waals surface area contributed by atoms with Crippen molar-refractivity contribution >= 4 is 12.1 Å². The molecule has 1 aromatic carbocycles. The summed E-state index contributed by atoms with van der Waals surface area (Å²) >= 11 is 0. The highest BCUT2D eigenvalue weighted by molar-refractivity contribution is 5.81. The Morgan fingerprint density at radius 1 is 1.14 bits per heavy atom. The van der Waals surface area contributed by atoms with E-state index in [0.717, 1.165) is 12.0 Å². The molecule has 0 spiro atoms. The van der Waals surface area contributed by atoms with Crippen LogP contribution in [0.2, 0.25) is 0 Å². The molecule has 1 N–H and O–H groups in total. The third kappa shape index (κ3) is 6.79. The Bertz CT molecular complexity index is 445.